The van der Waals surface area contributed by atoms with Crippen LogP contribution in [0.5, 0.6) is 0 Å². The number of hydrogen-bond acceptors (Lipinski definition) is 4. The predicted octanol–water partition coefficient (Wildman–Crippen LogP) is 7.70. The molecule has 34 heavy (non-hydrogen) atoms. The highest BCUT2D eigenvalue weighted by Crippen LogP contribution is 2.27. The number of para-hydroxylation sites is 1. The molecule has 0 atom stereocenters. The zero-order valence-corrected chi connectivity index (χ0v) is 22.4. The van der Waals surface area contributed by atoms with E-state index >= 15 is 0 Å². The quantitative estimate of drug-likeness (QED) is 0.383. The molecule has 4 rings (SSSR count). The smallest absolute Gasteiger partial charge is 0.139 e. The van der Waals surface area contributed by atoms with Crippen LogP contribution < -0.4 is 4.90 Å². The Morgan fingerprint density at radius 1 is 0.941 bits per heavy atom. The number of halogens is 1. The highest BCUT2D eigenvalue weighted by molar-refractivity contribution is 6.30. The number of Topliss-reactive ketones (excluding diaryl/α,β-unsaturated/α-hetero) is 1. The molecule has 4 nitrogen and oxygen atoms in total. The molecular formula is C29H40ClN3O. The van der Waals surface area contributed by atoms with E-state index in [0.717, 1.165) is 51.4 Å². The third-order valence-corrected chi connectivity index (χ3v) is 6.35. The molecule has 0 unspecified atom stereocenters. The van der Waals surface area contributed by atoms with Gasteiger partial charge in [0.25, 0.3) is 0 Å². The number of ketones is 1. The molecule has 184 valence electrons. The van der Waals surface area contributed by atoms with Gasteiger partial charge in [-0.15, -0.1) is 0 Å². The number of aromatic nitrogens is 2. The average Bonchev–Trinajstić information content (AvgIpc) is 2.81. The zero-order chi connectivity index (χ0) is 25.1. The molecule has 1 aromatic heterocycles. The molecule has 0 saturated heterocycles. The maximum atomic E-state index is 10.7. The first-order chi connectivity index (χ1) is 16.2. The van der Waals surface area contributed by atoms with Crippen molar-refractivity contribution in [2.24, 2.45) is 11.8 Å². The first-order valence-corrected chi connectivity index (χ1v) is 12.7. The van der Waals surface area contributed by atoms with Gasteiger partial charge in [0.15, 0.2) is 0 Å². The highest BCUT2D eigenvalue weighted by Gasteiger charge is 2.13. The van der Waals surface area contributed by atoms with E-state index in [2.05, 4.69) is 23.8 Å². The first kappa shape index (κ1) is 27.8. The van der Waals surface area contributed by atoms with Gasteiger partial charge in [-0.3, -0.25) is 0 Å². The average molecular weight is 482 g/mol. The molecule has 1 aliphatic rings. The maximum Gasteiger partial charge on any atom is 0.139 e. The summed E-state index contributed by atoms with van der Waals surface area (Å²) >= 11 is 5.71. The number of carbonyl (C=O) groups is 1. The maximum absolute atomic E-state index is 10.7. The summed E-state index contributed by atoms with van der Waals surface area (Å²) in [6.07, 6.45) is 7.32. The number of hydrogen-bond donors (Lipinski definition) is 0. The standard InChI is InChI=1S/C11H13N3.C10H11ClO.C8H16/c1-8-12-10-7-5-4-6-9(10)11(13-8)14(2)3;1-8(12)2-3-9-4-6-10(11)7-5-9;1-7-3-5-8(2)6-4-7/h4-7H,1-3H3;4-7H,2-3H2,1H3;7-8H,3-6H2,1-2H3. The fourth-order valence-electron chi connectivity index (χ4n) is 3.91. The Morgan fingerprint density at radius 3 is 2.03 bits per heavy atom. The molecule has 0 radical (unpaired) electrons. The molecule has 3 aromatic rings. The predicted molar refractivity (Wildman–Crippen MR) is 146 cm³/mol. The highest BCUT2D eigenvalue weighted by atomic mass is 35.5. The van der Waals surface area contributed by atoms with E-state index in [9.17, 15) is 4.79 Å². The first-order valence-electron chi connectivity index (χ1n) is 12.3. The lowest BCUT2D eigenvalue weighted by atomic mass is 9.84. The van der Waals surface area contributed by atoms with Crippen LogP contribution in [0.15, 0.2) is 48.5 Å². The molecule has 0 bridgehead atoms. The third-order valence-electron chi connectivity index (χ3n) is 6.10. The van der Waals surface area contributed by atoms with E-state index in [1.165, 1.54) is 25.7 Å². The van der Waals surface area contributed by atoms with E-state index < -0.39 is 0 Å². The van der Waals surface area contributed by atoms with Crippen LogP contribution in [0, 0.1) is 18.8 Å². The summed E-state index contributed by atoms with van der Waals surface area (Å²) in [6, 6.07) is 15.6. The van der Waals surface area contributed by atoms with Crippen molar-refractivity contribution >= 4 is 34.1 Å². The topological polar surface area (TPSA) is 46.1 Å². The Kier molecular flexibility index (Phi) is 11.5. The lowest BCUT2D eigenvalue weighted by Gasteiger charge is -2.22. The minimum atomic E-state index is 0.227. The van der Waals surface area contributed by atoms with Crippen LogP contribution in [-0.2, 0) is 11.2 Å². The lowest BCUT2D eigenvalue weighted by molar-refractivity contribution is -0.116. The molecule has 1 saturated carbocycles. The van der Waals surface area contributed by atoms with Crippen LogP contribution >= 0.6 is 11.6 Å². The van der Waals surface area contributed by atoms with Gasteiger partial charge in [-0.2, -0.15) is 0 Å². The van der Waals surface area contributed by atoms with Gasteiger partial charge in [-0.1, -0.05) is 75.4 Å². The molecular weight excluding hydrogens is 442 g/mol. The Hall–Kier alpha value is -2.46. The van der Waals surface area contributed by atoms with E-state index in [0.29, 0.717) is 6.42 Å². The molecule has 1 heterocycles. The van der Waals surface area contributed by atoms with Crippen molar-refractivity contribution in [3.8, 4) is 0 Å². The third kappa shape index (κ3) is 9.80. The number of anilines is 1. The molecule has 1 fully saturated rings. The number of aryl methyl sites for hydroxylation is 2. The van der Waals surface area contributed by atoms with Crippen LogP contribution in [-0.4, -0.2) is 29.8 Å². The van der Waals surface area contributed by atoms with Crippen molar-refractivity contribution in [2.75, 3.05) is 19.0 Å². The van der Waals surface area contributed by atoms with Crippen molar-refractivity contribution < 1.29 is 4.79 Å². The van der Waals surface area contributed by atoms with Crippen LogP contribution in [0.25, 0.3) is 10.9 Å². The van der Waals surface area contributed by atoms with Crippen molar-refractivity contribution in [1.82, 2.24) is 9.97 Å². The zero-order valence-electron chi connectivity index (χ0n) is 21.6. The van der Waals surface area contributed by atoms with E-state index in [1.807, 2.05) is 74.4 Å². The summed E-state index contributed by atoms with van der Waals surface area (Å²) in [6.45, 7) is 8.26. The number of nitrogens with zero attached hydrogens (tertiary/aromatic N) is 3. The summed E-state index contributed by atoms with van der Waals surface area (Å²) < 4.78 is 0. The van der Waals surface area contributed by atoms with Crippen molar-refractivity contribution in [3.05, 3.63) is 64.9 Å². The molecule has 0 spiro atoms. The SMILES string of the molecule is CC(=O)CCc1ccc(Cl)cc1.CC1CCC(C)CC1.Cc1nc(N(C)C)c2ccccc2n1. The summed E-state index contributed by atoms with van der Waals surface area (Å²) in [5, 5.41) is 1.84. The summed E-state index contributed by atoms with van der Waals surface area (Å²) in [4.78, 5) is 21.5. The van der Waals surface area contributed by atoms with Crippen molar-refractivity contribution in [2.45, 2.75) is 66.2 Å². The number of carbonyl (C=O) groups excluding carboxylic acids is 1. The van der Waals surface area contributed by atoms with Gasteiger partial charge in [-0.05, 0) is 61.9 Å². The Balaban J connectivity index is 0.000000187. The summed E-state index contributed by atoms with van der Waals surface area (Å²) in [7, 11) is 3.99. The Bertz CT molecular complexity index is 1020. The fourth-order valence-corrected chi connectivity index (χ4v) is 4.04. The van der Waals surface area contributed by atoms with Gasteiger partial charge in [0, 0.05) is 30.9 Å². The van der Waals surface area contributed by atoms with Gasteiger partial charge in [-0.25, -0.2) is 9.97 Å². The van der Waals surface area contributed by atoms with Crippen LogP contribution in [0.4, 0.5) is 5.82 Å². The molecule has 0 aliphatic heterocycles. The number of fused-ring (bicyclic) bond motifs is 1. The van der Waals surface area contributed by atoms with Crippen LogP contribution in [0.1, 0.15) is 64.3 Å². The molecule has 0 amide bonds. The molecule has 2 aromatic carbocycles. The second kappa shape index (κ2) is 14.1. The summed E-state index contributed by atoms with van der Waals surface area (Å²) in [5.41, 5.74) is 2.17. The number of benzene rings is 2. The normalized spacial score (nSPS) is 17.1. The van der Waals surface area contributed by atoms with E-state index in [1.54, 1.807) is 6.92 Å². The van der Waals surface area contributed by atoms with Gasteiger partial charge in [0.05, 0.1) is 5.52 Å². The Labute approximate surface area is 210 Å². The van der Waals surface area contributed by atoms with E-state index in [4.69, 9.17) is 11.6 Å². The minimum Gasteiger partial charge on any atom is -0.362 e. The monoisotopic (exact) mass is 481 g/mol. The van der Waals surface area contributed by atoms with Gasteiger partial charge >= 0.3 is 0 Å². The van der Waals surface area contributed by atoms with E-state index in [-0.39, 0.29) is 5.78 Å². The van der Waals surface area contributed by atoms with Crippen molar-refractivity contribution in [3.63, 3.8) is 0 Å². The summed E-state index contributed by atoms with van der Waals surface area (Å²) in [5.74, 6) is 4.06. The second-order valence-corrected chi connectivity index (χ2v) is 10.1. The second-order valence-electron chi connectivity index (χ2n) is 9.70. The van der Waals surface area contributed by atoms with Gasteiger partial charge in [0.2, 0.25) is 0 Å². The molecule has 5 heteroatoms. The van der Waals surface area contributed by atoms with Gasteiger partial charge in [0.1, 0.15) is 17.4 Å². The molecule has 1 aliphatic carbocycles. The van der Waals surface area contributed by atoms with Crippen LogP contribution in [0.3, 0.4) is 0 Å². The van der Waals surface area contributed by atoms with Gasteiger partial charge < -0.3 is 9.69 Å². The minimum absolute atomic E-state index is 0.227. The fraction of sp³-hybridized carbons (Fsp3) is 0.483. The Morgan fingerprint density at radius 2 is 1.50 bits per heavy atom. The van der Waals surface area contributed by atoms with Crippen LogP contribution in [0.2, 0.25) is 5.02 Å². The molecule has 0 N–H and O–H groups in total. The largest absolute Gasteiger partial charge is 0.362 e. The number of rotatable bonds is 4. The van der Waals surface area contributed by atoms with Crippen molar-refractivity contribution in [1.29, 1.82) is 0 Å². The lowest BCUT2D eigenvalue weighted by Crippen LogP contribution is -2.12.